The Bertz CT molecular complexity index is 1140. The fourth-order valence-electron chi connectivity index (χ4n) is 6.91. The minimum absolute atomic E-state index is 0.0511. The molecular formula is C31H41N3O. The van der Waals surface area contributed by atoms with Crippen molar-refractivity contribution in [3.8, 4) is 0 Å². The van der Waals surface area contributed by atoms with Crippen LogP contribution in [0.5, 0.6) is 0 Å². The number of nitrogens with zero attached hydrogens (tertiary/aromatic N) is 2. The maximum absolute atomic E-state index is 13.9. The molecule has 0 bridgehead atoms. The third-order valence-electron chi connectivity index (χ3n) is 8.98. The topological polar surface area (TPSA) is 39.3 Å². The number of fused-ring (bicyclic) bond motifs is 3. The van der Waals surface area contributed by atoms with Crippen LogP contribution in [0.15, 0.2) is 54.6 Å². The van der Waals surface area contributed by atoms with Crippen LogP contribution in [0.2, 0.25) is 0 Å². The average molecular weight is 472 g/mol. The fourth-order valence-corrected chi connectivity index (χ4v) is 6.91. The van der Waals surface area contributed by atoms with Gasteiger partial charge in [-0.25, -0.2) is 0 Å². The van der Waals surface area contributed by atoms with Gasteiger partial charge in [-0.1, -0.05) is 74.7 Å². The molecule has 186 valence electrons. The van der Waals surface area contributed by atoms with Crippen molar-refractivity contribution in [1.29, 1.82) is 0 Å². The molecule has 1 aromatic heterocycles. The number of aromatic nitrogens is 1. The van der Waals surface area contributed by atoms with Crippen LogP contribution >= 0.6 is 0 Å². The summed E-state index contributed by atoms with van der Waals surface area (Å²) in [6.07, 6.45) is 9.73. The minimum Gasteiger partial charge on any atom is -0.356 e. The van der Waals surface area contributed by atoms with E-state index in [9.17, 15) is 4.79 Å². The molecule has 0 spiro atoms. The van der Waals surface area contributed by atoms with Crippen molar-refractivity contribution in [3.05, 3.63) is 71.4 Å². The van der Waals surface area contributed by atoms with Crippen molar-refractivity contribution >= 4 is 16.8 Å². The zero-order valence-electron chi connectivity index (χ0n) is 21.7. The summed E-state index contributed by atoms with van der Waals surface area (Å²) in [6.45, 7) is 3.13. The monoisotopic (exact) mass is 471 g/mol. The summed E-state index contributed by atoms with van der Waals surface area (Å²) in [7, 11) is 4.41. The molecule has 1 aliphatic carbocycles. The molecular weight excluding hydrogens is 430 g/mol. The lowest BCUT2D eigenvalue weighted by Crippen LogP contribution is -2.46. The number of carbonyl (C=O) groups is 1. The van der Waals surface area contributed by atoms with Crippen LogP contribution in [-0.2, 0) is 16.8 Å². The summed E-state index contributed by atoms with van der Waals surface area (Å²) in [5.74, 6) is 0.599. The first-order chi connectivity index (χ1) is 17.0. The van der Waals surface area contributed by atoms with Gasteiger partial charge in [0.15, 0.2) is 0 Å². The van der Waals surface area contributed by atoms with Gasteiger partial charge in [-0.3, -0.25) is 9.69 Å². The number of carbonyl (C=O) groups excluding carboxylic acids is 1. The quantitative estimate of drug-likeness (QED) is 0.411. The van der Waals surface area contributed by atoms with Gasteiger partial charge in [-0.2, -0.15) is 0 Å². The Morgan fingerprint density at radius 2 is 1.74 bits per heavy atom. The second-order valence-electron chi connectivity index (χ2n) is 10.9. The number of hydrogen-bond acceptors (Lipinski definition) is 2. The van der Waals surface area contributed by atoms with E-state index in [4.69, 9.17) is 0 Å². The van der Waals surface area contributed by atoms with Gasteiger partial charge in [0.25, 0.3) is 0 Å². The lowest BCUT2D eigenvalue weighted by atomic mass is 9.79. The van der Waals surface area contributed by atoms with Crippen LogP contribution in [0.1, 0.15) is 81.2 Å². The molecule has 0 radical (unpaired) electrons. The predicted octanol–water partition coefficient (Wildman–Crippen LogP) is 6.82. The molecule has 1 amide bonds. The Morgan fingerprint density at radius 1 is 1.03 bits per heavy atom. The number of hydrogen-bond donors (Lipinski definition) is 1. The number of amides is 1. The fraction of sp³-hybridized carbons (Fsp3) is 0.516. The number of aromatic amines is 1. The summed E-state index contributed by atoms with van der Waals surface area (Å²) in [5.41, 5.74) is 5.21. The largest absolute Gasteiger partial charge is 0.356 e. The third kappa shape index (κ3) is 4.42. The molecule has 2 unspecified atom stereocenters. The van der Waals surface area contributed by atoms with Crippen molar-refractivity contribution in [2.75, 3.05) is 20.6 Å². The molecule has 4 nitrogen and oxygen atoms in total. The maximum Gasteiger partial charge on any atom is 0.226 e. The Labute approximate surface area is 210 Å². The van der Waals surface area contributed by atoms with Crippen molar-refractivity contribution in [3.63, 3.8) is 0 Å². The van der Waals surface area contributed by atoms with E-state index >= 15 is 0 Å². The van der Waals surface area contributed by atoms with Gasteiger partial charge >= 0.3 is 0 Å². The first-order valence-electron chi connectivity index (χ1n) is 13.7. The van der Waals surface area contributed by atoms with E-state index in [2.05, 4.69) is 90.4 Å². The Kier molecular flexibility index (Phi) is 7.02. The maximum atomic E-state index is 13.9. The van der Waals surface area contributed by atoms with Crippen molar-refractivity contribution in [1.82, 2.24) is 14.8 Å². The van der Waals surface area contributed by atoms with Crippen LogP contribution < -0.4 is 0 Å². The van der Waals surface area contributed by atoms with E-state index in [1.807, 2.05) is 0 Å². The van der Waals surface area contributed by atoms with E-state index in [0.29, 0.717) is 5.91 Å². The number of H-pyrrole nitrogens is 1. The molecule has 2 atom stereocenters. The van der Waals surface area contributed by atoms with Gasteiger partial charge in [-0.15, -0.1) is 0 Å². The van der Waals surface area contributed by atoms with Crippen LogP contribution in [-0.4, -0.2) is 41.3 Å². The number of rotatable bonds is 7. The van der Waals surface area contributed by atoms with Crippen LogP contribution in [0.25, 0.3) is 10.9 Å². The second kappa shape index (κ2) is 10.2. The molecule has 3 aromatic rings. The minimum atomic E-state index is -0.0511. The summed E-state index contributed by atoms with van der Waals surface area (Å²) in [4.78, 5) is 22.3. The highest BCUT2D eigenvalue weighted by Crippen LogP contribution is 2.43. The predicted molar refractivity (Wildman–Crippen MR) is 144 cm³/mol. The summed E-state index contributed by atoms with van der Waals surface area (Å²) in [5, 5.41) is 1.33. The van der Waals surface area contributed by atoms with Gasteiger partial charge in [-0.05, 0) is 69.8 Å². The molecule has 2 aromatic carbocycles. The highest BCUT2D eigenvalue weighted by Gasteiger charge is 2.39. The Hall–Kier alpha value is -2.59. The molecule has 2 heterocycles. The highest BCUT2D eigenvalue weighted by atomic mass is 16.2. The molecule has 1 saturated carbocycles. The molecule has 1 N–H and O–H groups in total. The van der Waals surface area contributed by atoms with Gasteiger partial charge in [0, 0.05) is 34.6 Å². The van der Waals surface area contributed by atoms with E-state index in [-0.39, 0.29) is 17.5 Å². The standard InChI is InChI=1S/C31H41N3O/c1-4-31(33(2)3,24-15-9-6-10-16-24)21-19-28-29-26(25-17-11-12-18-27(25)32-29)20-22-34(28)30(35)23-13-7-5-8-14-23/h6,9-12,15-18,23,28,32H,4-5,7-8,13-14,19-22H2,1-3H3. The Balaban J connectivity index is 1.51. The van der Waals surface area contributed by atoms with Gasteiger partial charge in [0.05, 0.1) is 6.04 Å². The lowest BCUT2D eigenvalue weighted by Gasteiger charge is -2.44. The molecule has 1 aliphatic heterocycles. The second-order valence-corrected chi connectivity index (χ2v) is 10.9. The third-order valence-corrected chi connectivity index (χ3v) is 8.98. The van der Waals surface area contributed by atoms with E-state index in [1.165, 1.54) is 47.0 Å². The SMILES string of the molecule is CCC(CCC1c2[nH]c3ccccc3c2CCN1C(=O)C1CCCCC1)(c1ccccc1)N(C)C. The zero-order chi connectivity index (χ0) is 24.4. The van der Waals surface area contributed by atoms with Crippen molar-refractivity contribution in [2.24, 2.45) is 5.92 Å². The smallest absolute Gasteiger partial charge is 0.226 e. The van der Waals surface area contributed by atoms with E-state index in [0.717, 1.165) is 45.1 Å². The Morgan fingerprint density at radius 3 is 2.46 bits per heavy atom. The molecule has 35 heavy (non-hydrogen) atoms. The average Bonchev–Trinajstić information content (AvgIpc) is 3.29. The van der Waals surface area contributed by atoms with E-state index in [1.54, 1.807) is 0 Å². The first-order valence-corrected chi connectivity index (χ1v) is 13.7. The molecule has 5 rings (SSSR count). The summed E-state index contributed by atoms with van der Waals surface area (Å²) in [6, 6.07) is 19.7. The zero-order valence-corrected chi connectivity index (χ0v) is 21.7. The molecule has 0 saturated heterocycles. The van der Waals surface area contributed by atoms with E-state index < -0.39 is 0 Å². The number of nitrogens with one attached hydrogen (secondary N) is 1. The van der Waals surface area contributed by atoms with Gasteiger partial charge < -0.3 is 9.88 Å². The van der Waals surface area contributed by atoms with Crippen LogP contribution in [0, 0.1) is 5.92 Å². The summed E-state index contributed by atoms with van der Waals surface area (Å²) < 4.78 is 0. The molecule has 4 heteroatoms. The van der Waals surface area contributed by atoms with Crippen molar-refractivity contribution in [2.45, 2.75) is 76.3 Å². The number of para-hydroxylation sites is 1. The molecule has 2 aliphatic rings. The van der Waals surface area contributed by atoms with Gasteiger partial charge in [0.2, 0.25) is 5.91 Å². The number of benzene rings is 2. The van der Waals surface area contributed by atoms with Crippen LogP contribution in [0.3, 0.4) is 0 Å². The summed E-state index contributed by atoms with van der Waals surface area (Å²) >= 11 is 0. The highest BCUT2D eigenvalue weighted by molar-refractivity contribution is 5.86. The van der Waals surface area contributed by atoms with Crippen LogP contribution in [0.4, 0.5) is 0 Å². The lowest BCUT2D eigenvalue weighted by molar-refractivity contribution is -0.140. The molecule has 1 fully saturated rings. The van der Waals surface area contributed by atoms with Crippen molar-refractivity contribution < 1.29 is 4.79 Å². The normalized spacial score (nSPS) is 20.7. The first kappa shape index (κ1) is 24.1. The van der Waals surface area contributed by atoms with Gasteiger partial charge in [0.1, 0.15) is 0 Å².